The first-order chi connectivity index (χ1) is 13.2. The van der Waals surface area contributed by atoms with E-state index in [4.69, 9.17) is 0 Å². The molecule has 0 aliphatic heterocycles. The SMILES string of the molecule is CCN(CC(=O)NC(=O)NCC(C)C)CC(=O)Nc1ccc(NC(C)=O)cc1. The van der Waals surface area contributed by atoms with Crippen molar-refractivity contribution in [2.24, 2.45) is 5.92 Å². The van der Waals surface area contributed by atoms with Crippen molar-refractivity contribution >= 4 is 35.1 Å². The molecule has 0 atom stereocenters. The van der Waals surface area contributed by atoms with E-state index in [0.29, 0.717) is 24.5 Å². The van der Waals surface area contributed by atoms with E-state index in [1.807, 2.05) is 20.8 Å². The van der Waals surface area contributed by atoms with Crippen LogP contribution in [0.25, 0.3) is 0 Å². The van der Waals surface area contributed by atoms with Gasteiger partial charge in [0, 0.05) is 24.8 Å². The maximum absolute atomic E-state index is 12.2. The van der Waals surface area contributed by atoms with E-state index in [0.717, 1.165) is 0 Å². The zero-order chi connectivity index (χ0) is 21.1. The average Bonchev–Trinajstić information content (AvgIpc) is 2.60. The van der Waals surface area contributed by atoms with Crippen molar-refractivity contribution in [1.29, 1.82) is 0 Å². The number of carbonyl (C=O) groups is 4. The van der Waals surface area contributed by atoms with E-state index >= 15 is 0 Å². The molecule has 1 aromatic rings. The van der Waals surface area contributed by atoms with E-state index in [1.54, 1.807) is 29.2 Å². The monoisotopic (exact) mass is 391 g/mol. The van der Waals surface area contributed by atoms with E-state index in [2.05, 4.69) is 21.3 Å². The molecule has 1 aromatic carbocycles. The van der Waals surface area contributed by atoms with Crippen LogP contribution in [0, 0.1) is 5.92 Å². The van der Waals surface area contributed by atoms with Gasteiger partial charge >= 0.3 is 6.03 Å². The number of likely N-dealkylation sites (N-methyl/N-ethyl adjacent to an activating group) is 1. The van der Waals surface area contributed by atoms with Gasteiger partial charge in [0.2, 0.25) is 17.7 Å². The molecule has 0 saturated carbocycles. The summed E-state index contributed by atoms with van der Waals surface area (Å²) in [4.78, 5) is 48.4. The quantitative estimate of drug-likeness (QED) is 0.507. The average molecular weight is 391 g/mol. The van der Waals surface area contributed by atoms with Gasteiger partial charge in [-0.1, -0.05) is 20.8 Å². The molecule has 0 fully saturated rings. The summed E-state index contributed by atoms with van der Waals surface area (Å²) in [5.74, 6) is -0.655. The van der Waals surface area contributed by atoms with E-state index in [-0.39, 0.29) is 30.8 Å². The highest BCUT2D eigenvalue weighted by molar-refractivity contribution is 5.96. The predicted molar refractivity (Wildman–Crippen MR) is 108 cm³/mol. The second kappa shape index (κ2) is 11.7. The van der Waals surface area contributed by atoms with Crippen molar-refractivity contribution in [3.8, 4) is 0 Å². The molecule has 9 nitrogen and oxygen atoms in total. The molecule has 0 radical (unpaired) electrons. The molecule has 154 valence electrons. The topological polar surface area (TPSA) is 120 Å². The van der Waals surface area contributed by atoms with Crippen molar-refractivity contribution in [1.82, 2.24) is 15.5 Å². The van der Waals surface area contributed by atoms with Crippen LogP contribution in [0.4, 0.5) is 16.2 Å². The van der Waals surface area contributed by atoms with Crippen LogP contribution in [-0.2, 0) is 14.4 Å². The summed E-state index contributed by atoms with van der Waals surface area (Å²) >= 11 is 0. The Hall–Kier alpha value is -2.94. The number of imide groups is 1. The Morgan fingerprint density at radius 1 is 0.929 bits per heavy atom. The molecule has 0 aliphatic carbocycles. The Balaban J connectivity index is 2.46. The van der Waals surface area contributed by atoms with Gasteiger partial charge < -0.3 is 16.0 Å². The Bertz CT molecular complexity index is 688. The van der Waals surface area contributed by atoms with Gasteiger partial charge in [-0.05, 0) is 36.7 Å². The van der Waals surface area contributed by atoms with Gasteiger partial charge in [0.15, 0.2) is 0 Å². The summed E-state index contributed by atoms with van der Waals surface area (Å²) in [7, 11) is 0. The summed E-state index contributed by atoms with van der Waals surface area (Å²) in [6.45, 7) is 8.02. The van der Waals surface area contributed by atoms with Crippen molar-refractivity contribution in [3.63, 3.8) is 0 Å². The van der Waals surface area contributed by atoms with Crippen molar-refractivity contribution in [3.05, 3.63) is 24.3 Å². The molecule has 0 heterocycles. The Morgan fingerprint density at radius 3 is 1.96 bits per heavy atom. The first-order valence-electron chi connectivity index (χ1n) is 9.17. The normalized spacial score (nSPS) is 10.5. The number of nitrogens with zero attached hydrogens (tertiary/aromatic N) is 1. The van der Waals surface area contributed by atoms with E-state index in [9.17, 15) is 19.2 Å². The number of hydrogen-bond donors (Lipinski definition) is 4. The standard InChI is InChI=1S/C19H29N5O4/c1-5-24(12-18(27)23-19(28)20-10-13(2)3)11-17(26)22-16-8-6-15(7-9-16)21-14(4)25/h6-9,13H,5,10-12H2,1-4H3,(H,21,25)(H,22,26)(H2,20,23,27,28). The number of benzene rings is 1. The molecule has 5 amide bonds. The van der Waals surface area contributed by atoms with Gasteiger partial charge in [-0.2, -0.15) is 0 Å². The lowest BCUT2D eigenvalue weighted by molar-refractivity contribution is -0.122. The predicted octanol–water partition coefficient (Wildman–Crippen LogP) is 1.39. The molecule has 0 aliphatic rings. The third-order valence-electron chi connectivity index (χ3n) is 3.59. The van der Waals surface area contributed by atoms with Gasteiger partial charge in [0.05, 0.1) is 13.1 Å². The van der Waals surface area contributed by atoms with Crippen LogP contribution in [0.5, 0.6) is 0 Å². The Labute approximate surface area is 165 Å². The van der Waals surface area contributed by atoms with Crippen molar-refractivity contribution in [2.45, 2.75) is 27.7 Å². The second-order valence-electron chi connectivity index (χ2n) is 6.76. The lowest BCUT2D eigenvalue weighted by Gasteiger charge is -2.19. The minimum Gasteiger partial charge on any atom is -0.338 e. The third-order valence-corrected chi connectivity index (χ3v) is 3.59. The highest BCUT2D eigenvalue weighted by Gasteiger charge is 2.15. The summed E-state index contributed by atoms with van der Waals surface area (Å²) in [6, 6.07) is 6.16. The molecule has 0 saturated heterocycles. The van der Waals surface area contributed by atoms with Gasteiger partial charge in [-0.3, -0.25) is 24.6 Å². The fraction of sp³-hybridized carbons (Fsp3) is 0.474. The van der Waals surface area contributed by atoms with Gasteiger partial charge in [-0.15, -0.1) is 0 Å². The summed E-state index contributed by atoms with van der Waals surface area (Å²) < 4.78 is 0. The summed E-state index contributed by atoms with van der Waals surface area (Å²) in [6.07, 6.45) is 0. The van der Waals surface area contributed by atoms with Crippen molar-refractivity contribution < 1.29 is 19.2 Å². The number of carbonyl (C=O) groups excluding carboxylic acids is 4. The van der Waals surface area contributed by atoms with Gasteiger partial charge in [-0.25, -0.2) is 4.79 Å². The Morgan fingerprint density at radius 2 is 1.46 bits per heavy atom. The fourth-order valence-electron chi connectivity index (χ4n) is 2.23. The van der Waals surface area contributed by atoms with E-state index in [1.165, 1.54) is 6.92 Å². The highest BCUT2D eigenvalue weighted by Crippen LogP contribution is 2.13. The zero-order valence-corrected chi connectivity index (χ0v) is 16.8. The second-order valence-corrected chi connectivity index (χ2v) is 6.76. The lowest BCUT2D eigenvalue weighted by Crippen LogP contribution is -2.46. The van der Waals surface area contributed by atoms with Crippen LogP contribution in [0.1, 0.15) is 27.7 Å². The van der Waals surface area contributed by atoms with Crippen LogP contribution < -0.4 is 21.3 Å². The number of rotatable bonds is 9. The molecule has 9 heteroatoms. The lowest BCUT2D eigenvalue weighted by atomic mass is 10.2. The molecule has 1 rings (SSSR count). The number of hydrogen-bond acceptors (Lipinski definition) is 5. The smallest absolute Gasteiger partial charge is 0.321 e. The van der Waals surface area contributed by atoms with Crippen LogP contribution >= 0.6 is 0 Å². The molecule has 28 heavy (non-hydrogen) atoms. The maximum Gasteiger partial charge on any atom is 0.321 e. The van der Waals surface area contributed by atoms with Gasteiger partial charge in [0.1, 0.15) is 0 Å². The highest BCUT2D eigenvalue weighted by atomic mass is 16.2. The summed E-state index contributed by atoms with van der Waals surface area (Å²) in [5.41, 5.74) is 1.21. The summed E-state index contributed by atoms with van der Waals surface area (Å²) in [5, 5.41) is 10.2. The Kier molecular flexibility index (Phi) is 9.66. The van der Waals surface area contributed by atoms with Crippen molar-refractivity contribution in [2.75, 3.05) is 36.8 Å². The van der Waals surface area contributed by atoms with Gasteiger partial charge in [0.25, 0.3) is 0 Å². The molecular formula is C19H29N5O4. The van der Waals surface area contributed by atoms with E-state index < -0.39 is 11.9 Å². The molecule has 0 unspecified atom stereocenters. The molecule has 4 N–H and O–H groups in total. The number of nitrogens with one attached hydrogen (secondary N) is 4. The number of urea groups is 1. The fourth-order valence-corrected chi connectivity index (χ4v) is 2.23. The molecule has 0 aromatic heterocycles. The maximum atomic E-state index is 12.2. The van der Waals surface area contributed by atoms with Crippen LogP contribution in [0.3, 0.4) is 0 Å². The number of anilines is 2. The van der Waals surface area contributed by atoms with Crippen LogP contribution in [0.15, 0.2) is 24.3 Å². The van der Waals surface area contributed by atoms with Crippen LogP contribution in [0.2, 0.25) is 0 Å². The largest absolute Gasteiger partial charge is 0.338 e. The molecular weight excluding hydrogens is 362 g/mol. The van der Waals surface area contributed by atoms with Crippen LogP contribution in [-0.4, -0.2) is 54.8 Å². The third kappa shape index (κ3) is 9.67. The zero-order valence-electron chi connectivity index (χ0n) is 16.8. The molecule has 0 bridgehead atoms. The molecule has 0 spiro atoms. The number of amides is 5. The minimum atomic E-state index is -0.543. The first-order valence-corrected chi connectivity index (χ1v) is 9.17. The minimum absolute atomic E-state index is 0.00494. The first kappa shape index (κ1) is 23.1.